The highest BCUT2D eigenvalue weighted by atomic mass is 16.5. The Labute approximate surface area is 168 Å². The van der Waals surface area contributed by atoms with Gasteiger partial charge in [0.15, 0.2) is 6.61 Å². The maximum Gasteiger partial charge on any atom is 0.258 e. The molecule has 1 aliphatic rings. The summed E-state index contributed by atoms with van der Waals surface area (Å²) in [5.74, 6) is 0.705. The van der Waals surface area contributed by atoms with Crippen LogP contribution in [0.3, 0.4) is 0 Å². The Balaban J connectivity index is 1.60. The van der Waals surface area contributed by atoms with Crippen LogP contribution >= 0.6 is 0 Å². The molecule has 0 radical (unpaired) electrons. The van der Waals surface area contributed by atoms with Crippen LogP contribution in [0.2, 0.25) is 0 Å². The van der Waals surface area contributed by atoms with Crippen LogP contribution in [0.1, 0.15) is 47.6 Å². The van der Waals surface area contributed by atoms with Gasteiger partial charge in [-0.15, -0.1) is 0 Å². The van der Waals surface area contributed by atoms with Gasteiger partial charge >= 0.3 is 0 Å². The zero-order valence-corrected chi connectivity index (χ0v) is 17.3. The fraction of sp³-hybridized carbons (Fsp3) is 0.458. The molecule has 0 bridgehead atoms. The van der Waals surface area contributed by atoms with Gasteiger partial charge in [-0.1, -0.05) is 48.4 Å². The van der Waals surface area contributed by atoms with E-state index in [0.29, 0.717) is 6.54 Å². The summed E-state index contributed by atoms with van der Waals surface area (Å²) in [4.78, 5) is 14.9. The van der Waals surface area contributed by atoms with Crippen LogP contribution in [0.15, 0.2) is 42.5 Å². The van der Waals surface area contributed by atoms with Crippen molar-refractivity contribution < 1.29 is 9.53 Å². The minimum atomic E-state index is -0.0740. The van der Waals surface area contributed by atoms with Crippen molar-refractivity contribution in [2.24, 2.45) is 0 Å². The van der Waals surface area contributed by atoms with Crippen molar-refractivity contribution in [1.82, 2.24) is 10.2 Å². The minimum Gasteiger partial charge on any atom is -0.483 e. The van der Waals surface area contributed by atoms with Gasteiger partial charge in [-0.25, -0.2) is 0 Å². The monoisotopic (exact) mass is 380 g/mol. The lowest BCUT2D eigenvalue weighted by molar-refractivity contribution is -0.123. The third kappa shape index (κ3) is 5.35. The highest BCUT2D eigenvalue weighted by Gasteiger charge is 2.23. The van der Waals surface area contributed by atoms with Gasteiger partial charge in [0.05, 0.1) is 6.04 Å². The molecule has 0 aliphatic carbocycles. The first-order chi connectivity index (χ1) is 13.5. The summed E-state index contributed by atoms with van der Waals surface area (Å²) in [5.41, 5.74) is 4.78. The first-order valence-corrected chi connectivity index (χ1v) is 10.3. The number of nitrogens with one attached hydrogen (secondary N) is 1. The van der Waals surface area contributed by atoms with Crippen molar-refractivity contribution in [2.75, 3.05) is 26.2 Å². The van der Waals surface area contributed by atoms with E-state index in [-0.39, 0.29) is 18.6 Å². The van der Waals surface area contributed by atoms with E-state index in [1.54, 1.807) is 0 Å². The number of benzene rings is 2. The van der Waals surface area contributed by atoms with E-state index in [1.807, 2.05) is 32.0 Å². The highest BCUT2D eigenvalue weighted by molar-refractivity contribution is 5.77. The number of hydrogen-bond donors (Lipinski definition) is 1. The molecule has 0 saturated carbocycles. The van der Waals surface area contributed by atoms with E-state index < -0.39 is 0 Å². The van der Waals surface area contributed by atoms with Gasteiger partial charge in [0.25, 0.3) is 5.91 Å². The normalized spacial score (nSPS) is 15.8. The zero-order valence-electron chi connectivity index (χ0n) is 17.3. The van der Waals surface area contributed by atoms with E-state index in [0.717, 1.165) is 24.4 Å². The van der Waals surface area contributed by atoms with Gasteiger partial charge < -0.3 is 10.1 Å². The topological polar surface area (TPSA) is 41.6 Å². The fourth-order valence-electron chi connectivity index (χ4n) is 3.76. The molecule has 4 nitrogen and oxygen atoms in total. The minimum absolute atomic E-state index is 0.0465. The maximum absolute atomic E-state index is 12.4. The Morgan fingerprint density at radius 1 is 1.04 bits per heavy atom. The van der Waals surface area contributed by atoms with Gasteiger partial charge in [0, 0.05) is 6.54 Å². The predicted molar refractivity (Wildman–Crippen MR) is 114 cm³/mol. The summed E-state index contributed by atoms with van der Waals surface area (Å²) in [5, 5.41) is 3.09. The summed E-state index contributed by atoms with van der Waals surface area (Å²) in [6.45, 7) is 9.01. The first-order valence-electron chi connectivity index (χ1n) is 10.3. The van der Waals surface area contributed by atoms with Gasteiger partial charge in [0.1, 0.15) is 5.75 Å². The lowest BCUT2D eigenvalue weighted by Crippen LogP contribution is -2.41. The van der Waals surface area contributed by atoms with Crippen LogP contribution in [0.4, 0.5) is 0 Å². The largest absolute Gasteiger partial charge is 0.483 e. The number of ether oxygens (including phenoxy) is 1. The van der Waals surface area contributed by atoms with Crippen LogP contribution in [0.5, 0.6) is 5.75 Å². The number of piperidine rings is 1. The molecule has 1 amide bonds. The summed E-state index contributed by atoms with van der Waals surface area (Å²) in [6, 6.07) is 14.8. The number of carbonyl (C=O) groups excluding carboxylic acids is 1. The predicted octanol–water partition coefficient (Wildman–Crippen LogP) is 4.33. The second kappa shape index (κ2) is 9.74. The van der Waals surface area contributed by atoms with Crippen LogP contribution < -0.4 is 10.1 Å². The van der Waals surface area contributed by atoms with Gasteiger partial charge in [-0.05, 0) is 69.5 Å². The average molecular weight is 381 g/mol. The Kier molecular flexibility index (Phi) is 7.10. The Hall–Kier alpha value is -2.33. The molecule has 1 fully saturated rings. The lowest BCUT2D eigenvalue weighted by Gasteiger charge is -2.35. The van der Waals surface area contributed by atoms with Crippen molar-refractivity contribution in [3.63, 3.8) is 0 Å². The smallest absolute Gasteiger partial charge is 0.258 e. The molecule has 1 atom stereocenters. The van der Waals surface area contributed by atoms with Crippen LogP contribution in [-0.4, -0.2) is 37.0 Å². The molecule has 150 valence electrons. The standard InChI is InChI=1S/C24H32N2O2/c1-18-10-12-21(13-11-18)22(26-14-5-4-6-15-26)16-25-24(27)17-28-23-9-7-8-19(2)20(23)3/h7-13,22H,4-6,14-17H2,1-3H3,(H,25,27)/t22-/m1/s1. The van der Waals surface area contributed by atoms with Crippen molar-refractivity contribution in [2.45, 2.75) is 46.1 Å². The van der Waals surface area contributed by atoms with Crippen LogP contribution in [0.25, 0.3) is 0 Å². The summed E-state index contributed by atoms with van der Waals surface area (Å²) in [6.07, 6.45) is 3.76. The molecule has 4 heteroatoms. The lowest BCUT2D eigenvalue weighted by atomic mass is 10.0. The molecule has 0 aromatic heterocycles. The molecule has 2 aromatic rings. The molecular formula is C24H32N2O2. The SMILES string of the molecule is Cc1ccc([C@@H](CNC(=O)COc2cccc(C)c2C)N2CCCCC2)cc1. The molecule has 2 aromatic carbocycles. The molecule has 0 unspecified atom stereocenters. The third-order valence-electron chi connectivity index (χ3n) is 5.70. The van der Waals surface area contributed by atoms with E-state index in [2.05, 4.69) is 41.4 Å². The van der Waals surface area contributed by atoms with Crippen molar-refractivity contribution in [3.8, 4) is 5.75 Å². The van der Waals surface area contributed by atoms with E-state index in [4.69, 9.17) is 4.74 Å². The molecule has 3 rings (SSSR count). The van der Waals surface area contributed by atoms with Crippen molar-refractivity contribution in [1.29, 1.82) is 0 Å². The first kappa shape index (κ1) is 20.4. The Morgan fingerprint density at radius 3 is 2.46 bits per heavy atom. The zero-order chi connectivity index (χ0) is 19.9. The number of rotatable bonds is 7. The van der Waals surface area contributed by atoms with E-state index in [9.17, 15) is 4.79 Å². The van der Waals surface area contributed by atoms with Gasteiger partial charge in [0.2, 0.25) is 0 Å². The van der Waals surface area contributed by atoms with Crippen molar-refractivity contribution >= 4 is 5.91 Å². The number of nitrogens with zero attached hydrogens (tertiary/aromatic N) is 1. The van der Waals surface area contributed by atoms with Gasteiger partial charge in [-0.3, -0.25) is 9.69 Å². The molecule has 28 heavy (non-hydrogen) atoms. The number of amides is 1. The maximum atomic E-state index is 12.4. The summed E-state index contributed by atoms with van der Waals surface area (Å²) >= 11 is 0. The van der Waals surface area contributed by atoms with Gasteiger partial charge in [-0.2, -0.15) is 0 Å². The van der Waals surface area contributed by atoms with E-state index in [1.165, 1.54) is 36.0 Å². The van der Waals surface area contributed by atoms with Crippen LogP contribution in [-0.2, 0) is 4.79 Å². The molecular weight excluding hydrogens is 348 g/mol. The second-order valence-corrected chi connectivity index (χ2v) is 7.81. The molecule has 1 aliphatic heterocycles. The molecule has 1 saturated heterocycles. The average Bonchev–Trinajstić information content (AvgIpc) is 2.71. The summed E-state index contributed by atoms with van der Waals surface area (Å²) < 4.78 is 5.75. The number of carbonyl (C=O) groups is 1. The quantitative estimate of drug-likeness (QED) is 0.777. The van der Waals surface area contributed by atoms with E-state index >= 15 is 0 Å². The molecule has 0 spiro atoms. The number of likely N-dealkylation sites (tertiary alicyclic amines) is 1. The number of hydrogen-bond acceptors (Lipinski definition) is 3. The van der Waals surface area contributed by atoms with Crippen LogP contribution in [0, 0.1) is 20.8 Å². The Morgan fingerprint density at radius 2 is 1.75 bits per heavy atom. The number of aryl methyl sites for hydroxylation is 2. The third-order valence-corrected chi connectivity index (χ3v) is 5.70. The molecule has 1 N–H and O–H groups in total. The second-order valence-electron chi connectivity index (χ2n) is 7.81. The summed E-state index contributed by atoms with van der Waals surface area (Å²) in [7, 11) is 0. The Bertz CT molecular complexity index is 780. The molecule has 1 heterocycles. The highest BCUT2D eigenvalue weighted by Crippen LogP contribution is 2.25. The van der Waals surface area contributed by atoms with Crippen molar-refractivity contribution in [3.05, 3.63) is 64.7 Å². The fourth-order valence-corrected chi connectivity index (χ4v) is 3.76.